The van der Waals surface area contributed by atoms with Crippen LogP contribution in [0.5, 0.6) is 0 Å². The van der Waals surface area contributed by atoms with Crippen molar-refractivity contribution in [3.05, 3.63) is 34.9 Å². The van der Waals surface area contributed by atoms with Crippen molar-refractivity contribution in [3.63, 3.8) is 0 Å². The third-order valence-corrected chi connectivity index (χ3v) is 2.13. The van der Waals surface area contributed by atoms with E-state index in [4.69, 9.17) is 5.11 Å². The van der Waals surface area contributed by atoms with E-state index in [1.54, 1.807) is 6.07 Å². The third kappa shape index (κ3) is 3.99. The Morgan fingerprint density at radius 2 is 2.12 bits per heavy atom. The minimum absolute atomic E-state index is 0.143. The molecule has 0 fully saturated rings. The first-order chi connectivity index (χ1) is 8.00. The first-order valence-electron chi connectivity index (χ1n) is 5.08. The molecule has 1 amide bonds. The molecule has 0 aliphatic carbocycles. The second-order valence-electron chi connectivity index (χ2n) is 3.55. The van der Waals surface area contributed by atoms with Crippen LogP contribution in [0.3, 0.4) is 0 Å². The summed E-state index contributed by atoms with van der Waals surface area (Å²) in [5, 5.41) is 11.4. The lowest BCUT2D eigenvalue weighted by atomic mass is 10.1. The molecule has 17 heavy (non-hydrogen) atoms. The molecule has 0 saturated carbocycles. The zero-order chi connectivity index (χ0) is 12.8. The number of aryl methyl sites for hydroxylation is 1. The van der Waals surface area contributed by atoms with E-state index in [0.717, 1.165) is 5.56 Å². The molecule has 0 radical (unpaired) electrons. The van der Waals surface area contributed by atoms with Gasteiger partial charge in [-0.15, -0.1) is 0 Å². The molecule has 88 valence electrons. The van der Waals surface area contributed by atoms with Gasteiger partial charge in [-0.3, -0.25) is 4.79 Å². The highest BCUT2D eigenvalue weighted by molar-refractivity contribution is 5.88. The molecule has 0 saturated heterocycles. The van der Waals surface area contributed by atoms with Crippen LogP contribution in [0, 0.1) is 18.8 Å². The standard InChI is InChI=1S/C13H13NO3/c1-9-5-6-12(13(16)17)8-11(9)4-3-7-14-10(2)15/h5-6,8H,7H2,1-2H3,(H,14,15)(H,16,17). The molecule has 1 aromatic rings. The molecule has 0 bridgehead atoms. The second-order valence-corrected chi connectivity index (χ2v) is 3.55. The lowest BCUT2D eigenvalue weighted by Crippen LogP contribution is -2.19. The van der Waals surface area contributed by atoms with Crippen LogP contribution in [-0.4, -0.2) is 23.5 Å². The van der Waals surface area contributed by atoms with E-state index in [9.17, 15) is 9.59 Å². The third-order valence-electron chi connectivity index (χ3n) is 2.13. The molecule has 0 aliphatic heterocycles. The summed E-state index contributed by atoms with van der Waals surface area (Å²) in [7, 11) is 0. The summed E-state index contributed by atoms with van der Waals surface area (Å²) in [4.78, 5) is 21.4. The Morgan fingerprint density at radius 1 is 1.41 bits per heavy atom. The number of carboxylic acids is 1. The molecule has 4 heteroatoms. The van der Waals surface area contributed by atoms with Crippen LogP contribution in [-0.2, 0) is 4.79 Å². The number of hydrogen-bond donors (Lipinski definition) is 2. The molecule has 2 N–H and O–H groups in total. The fourth-order valence-electron chi connectivity index (χ4n) is 1.20. The number of aromatic carboxylic acids is 1. The van der Waals surface area contributed by atoms with Gasteiger partial charge in [-0.1, -0.05) is 17.9 Å². The smallest absolute Gasteiger partial charge is 0.335 e. The monoisotopic (exact) mass is 231 g/mol. The molecule has 0 atom stereocenters. The maximum Gasteiger partial charge on any atom is 0.335 e. The molecular formula is C13H13NO3. The van der Waals surface area contributed by atoms with Crippen LogP contribution < -0.4 is 5.32 Å². The highest BCUT2D eigenvalue weighted by atomic mass is 16.4. The highest BCUT2D eigenvalue weighted by Crippen LogP contribution is 2.09. The van der Waals surface area contributed by atoms with E-state index in [0.29, 0.717) is 5.56 Å². The second kappa shape index (κ2) is 5.71. The van der Waals surface area contributed by atoms with Crippen LogP contribution in [0.4, 0.5) is 0 Å². The van der Waals surface area contributed by atoms with Gasteiger partial charge in [0.2, 0.25) is 5.91 Å². The summed E-state index contributed by atoms with van der Waals surface area (Å²) < 4.78 is 0. The minimum atomic E-state index is -0.977. The van der Waals surface area contributed by atoms with Gasteiger partial charge in [-0.25, -0.2) is 4.79 Å². The molecule has 0 heterocycles. The van der Waals surface area contributed by atoms with Crippen LogP contribution in [0.1, 0.15) is 28.4 Å². The van der Waals surface area contributed by atoms with Gasteiger partial charge in [-0.05, 0) is 24.6 Å². The summed E-state index contributed by atoms with van der Waals surface area (Å²) >= 11 is 0. The Kier molecular flexibility index (Phi) is 4.29. The predicted octanol–water partition coefficient (Wildman–Crippen LogP) is 1.18. The van der Waals surface area contributed by atoms with Crippen molar-refractivity contribution in [1.82, 2.24) is 5.32 Å². The van der Waals surface area contributed by atoms with Gasteiger partial charge in [0.15, 0.2) is 0 Å². The Labute approximate surface area is 99.7 Å². The number of benzene rings is 1. The lowest BCUT2D eigenvalue weighted by molar-refractivity contribution is -0.118. The van der Waals surface area contributed by atoms with E-state index in [2.05, 4.69) is 17.2 Å². The summed E-state index contributed by atoms with van der Waals surface area (Å²) in [6.07, 6.45) is 0. The van der Waals surface area contributed by atoms with Crippen LogP contribution >= 0.6 is 0 Å². The summed E-state index contributed by atoms with van der Waals surface area (Å²) in [5.74, 6) is 4.48. The minimum Gasteiger partial charge on any atom is -0.478 e. The highest BCUT2D eigenvalue weighted by Gasteiger charge is 2.04. The molecule has 1 aromatic carbocycles. The zero-order valence-corrected chi connectivity index (χ0v) is 9.70. The summed E-state index contributed by atoms with van der Waals surface area (Å²) in [5.41, 5.74) is 1.78. The molecule has 0 spiro atoms. The predicted molar refractivity (Wildman–Crippen MR) is 63.7 cm³/mol. The van der Waals surface area contributed by atoms with Gasteiger partial charge in [0.25, 0.3) is 0 Å². The lowest BCUT2D eigenvalue weighted by Gasteiger charge is -2.00. The average Bonchev–Trinajstić information content (AvgIpc) is 2.25. The number of carboxylic acid groups (broad SMARTS) is 1. The number of nitrogens with one attached hydrogen (secondary N) is 1. The largest absolute Gasteiger partial charge is 0.478 e. The van der Waals surface area contributed by atoms with Crippen molar-refractivity contribution >= 4 is 11.9 Å². The summed E-state index contributed by atoms with van der Waals surface area (Å²) in [6, 6.07) is 4.78. The van der Waals surface area contributed by atoms with E-state index in [-0.39, 0.29) is 18.0 Å². The van der Waals surface area contributed by atoms with Crippen molar-refractivity contribution in [2.45, 2.75) is 13.8 Å². The van der Waals surface area contributed by atoms with E-state index < -0.39 is 5.97 Å². The van der Waals surface area contributed by atoms with Crippen molar-refractivity contribution < 1.29 is 14.7 Å². The maximum absolute atomic E-state index is 10.8. The molecule has 4 nitrogen and oxygen atoms in total. The topological polar surface area (TPSA) is 66.4 Å². The number of hydrogen-bond acceptors (Lipinski definition) is 2. The Hall–Kier alpha value is -2.28. The average molecular weight is 231 g/mol. The normalized spacial score (nSPS) is 9.06. The van der Waals surface area contributed by atoms with E-state index in [1.807, 2.05) is 6.92 Å². The molecule has 1 rings (SSSR count). The zero-order valence-electron chi connectivity index (χ0n) is 9.70. The van der Waals surface area contributed by atoms with Gasteiger partial charge in [0, 0.05) is 12.5 Å². The Bertz CT molecular complexity index is 509. The fourth-order valence-corrected chi connectivity index (χ4v) is 1.20. The molecule has 0 aromatic heterocycles. The van der Waals surface area contributed by atoms with Crippen LogP contribution in [0.2, 0.25) is 0 Å². The number of rotatable bonds is 2. The summed E-state index contributed by atoms with van der Waals surface area (Å²) in [6.45, 7) is 3.53. The van der Waals surface area contributed by atoms with Crippen molar-refractivity contribution in [1.29, 1.82) is 0 Å². The molecule has 0 unspecified atom stereocenters. The number of carbonyl (C=O) groups excluding carboxylic acids is 1. The van der Waals surface area contributed by atoms with Gasteiger partial charge in [-0.2, -0.15) is 0 Å². The fraction of sp³-hybridized carbons (Fsp3) is 0.231. The van der Waals surface area contributed by atoms with Crippen LogP contribution in [0.25, 0.3) is 0 Å². The van der Waals surface area contributed by atoms with E-state index >= 15 is 0 Å². The van der Waals surface area contributed by atoms with Crippen molar-refractivity contribution in [3.8, 4) is 11.8 Å². The van der Waals surface area contributed by atoms with Crippen molar-refractivity contribution in [2.24, 2.45) is 0 Å². The van der Waals surface area contributed by atoms with Gasteiger partial charge < -0.3 is 10.4 Å². The van der Waals surface area contributed by atoms with Gasteiger partial charge in [0.1, 0.15) is 0 Å². The van der Waals surface area contributed by atoms with Gasteiger partial charge in [0.05, 0.1) is 12.1 Å². The number of carbonyl (C=O) groups is 2. The van der Waals surface area contributed by atoms with E-state index in [1.165, 1.54) is 19.1 Å². The Balaban J connectivity index is 2.86. The van der Waals surface area contributed by atoms with Gasteiger partial charge >= 0.3 is 5.97 Å². The first-order valence-corrected chi connectivity index (χ1v) is 5.08. The molecule has 0 aliphatic rings. The Morgan fingerprint density at radius 3 is 2.71 bits per heavy atom. The molecular weight excluding hydrogens is 218 g/mol. The number of amides is 1. The maximum atomic E-state index is 10.8. The quantitative estimate of drug-likeness (QED) is 0.751. The SMILES string of the molecule is CC(=O)NCC#Cc1cc(C(=O)O)ccc1C. The van der Waals surface area contributed by atoms with Crippen LogP contribution in [0.15, 0.2) is 18.2 Å². The first kappa shape index (κ1) is 12.8. The van der Waals surface area contributed by atoms with Crippen molar-refractivity contribution in [2.75, 3.05) is 6.54 Å².